The van der Waals surface area contributed by atoms with Crippen LogP contribution in [0.3, 0.4) is 0 Å². The van der Waals surface area contributed by atoms with Crippen molar-refractivity contribution < 1.29 is 14.9 Å². The first-order chi connectivity index (χ1) is 5.33. The van der Waals surface area contributed by atoms with Crippen LogP contribution in [-0.2, 0) is 16.1 Å². The molecule has 3 heteroatoms. The fourth-order valence-corrected chi connectivity index (χ4v) is 0.792. The maximum atomic E-state index is 10.4. The van der Waals surface area contributed by atoms with Crippen molar-refractivity contribution in [3.8, 4) is 0 Å². The van der Waals surface area contributed by atoms with Crippen LogP contribution in [0.25, 0.3) is 0 Å². The van der Waals surface area contributed by atoms with E-state index in [0.29, 0.717) is 0 Å². The maximum Gasteiger partial charge on any atom is 0.304 e. The van der Waals surface area contributed by atoms with Crippen LogP contribution in [0.5, 0.6) is 0 Å². The van der Waals surface area contributed by atoms with Crippen molar-refractivity contribution in [2.75, 3.05) is 0 Å². The number of rotatable bonds is 2. The molecule has 0 aliphatic rings. The zero-order chi connectivity index (χ0) is 8.10. The minimum atomic E-state index is -0.754. The second-order valence-electron chi connectivity index (χ2n) is 2.12. The number of hydrogen-bond donors (Lipinski definition) is 0. The molecule has 1 rings (SSSR count). The topological polar surface area (TPSA) is 49.4 Å². The van der Waals surface area contributed by atoms with Crippen molar-refractivity contribution >= 4 is 5.97 Å². The van der Waals surface area contributed by atoms with Gasteiger partial charge in [-0.15, -0.1) is 0 Å². The Morgan fingerprint density at radius 2 is 2.00 bits per heavy atom. The van der Waals surface area contributed by atoms with Crippen molar-refractivity contribution in [2.45, 2.75) is 6.42 Å². The van der Waals surface area contributed by atoms with Crippen LogP contribution in [0.1, 0.15) is 5.56 Å². The van der Waals surface area contributed by atoms with Crippen molar-refractivity contribution in [3.05, 3.63) is 35.9 Å². The highest BCUT2D eigenvalue weighted by molar-refractivity contribution is 5.71. The quantitative estimate of drug-likeness (QED) is 0.443. The zero-order valence-electron chi connectivity index (χ0n) is 5.82. The van der Waals surface area contributed by atoms with Gasteiger partial charge in [0.1, 0.15) is 0 Å². The van der Waals surface area contributed by atoms with Gasteiger partial charge in [0.25, 0.3) is 0 Å². The van der Waals surface area contributed by atoms with E-state index in [4.69, 9.17) is 0 Å². The van der Waals surface area contributed by atoms with Crippen LogP contribution in [0.2, 0.25) is 0 Å². The fraction of sp³-hybridized carbons (Fsp3) is 0.125. The molecular weight excluding hydrogens is 144 g/mol. The second kappa shape index (κ2) is 3.73. The Morgan fingerprint density at radius 3 is 2.55 bits per heavy atom. The number of benzene rings is 1. The average Bonchev–Trinajstić information content (AvgIpc) is 2.06. The van der Waals surface area contributed by atoms with E-state index in [1.807, 2.05) is 6.07 Å². The first kappa shape index (κ1) is 7.75. The second-order valence-corrected chi connectivity index (χ2v) is 2.12. The standard InChI is InChI=1S/C8H8O3/c9-8(11-10)6-7-4-2-1-3-5-7/h1-5,10H,6H2/p-1. The van der Waals surface area contributed by atoms with E-state index in [1.54, 1.807) is 24.3 Å². The molecule has 3 nitrogen and oxygen atoms in total. The lowest BCUT2D eigenvalue weighted by atomic mass is 10.2. The van der Waals surface area contributed by atoms with Gasteiger partial charge in [-0.2, -0.15) is 0 Å². The van der Waals surface area contributed by atoms with Gasteiger partial charge in [0.05, 0.1) is 6.42 Å². The van der Waals surface area contributed by atoms with Crippen LogP contribution in [0.15, 0.2) is 30.3 Å². The van der Waals surface area contributed by atoms with E-state index in [2.05, 4.69) is 4.89 Å². The summed E-state index contributed by atoms with van der Waals surface area (Å²) in [5.41, 5.74) is 0.786. The molecule has 1 aromatic carbocycles. The van der Waals surface area contributed by atoms with Gasteiger partial charge in [-0.25, -0.2) is 0 Å². The zero-order valence-corrected chi connectivity index (χ0v) is 5.82. The van der Waals surface area contributed by atoms with Crippen molar-refractivity contribution in [3.63, 3.8) is 0 Å². The third kappa shape index (κ3) is 2.39. The molecule has 0 radical (unpaired) electrons. The Kier molecular flexibility index (Phi) is 2.63. The molecule has 0 amide bonds. The van der Waals surface area contributed by atoms with Crippen LogP contribution >= 0.6 is 0 Å². The molecule has 0 atom stereocenters. The minimum Gasteiger partial charge on any atom is -0.662 e. The van der Waals surface area contributed by atoms with Crippen molar-refractivity contribution in [1.82, 2.24) is 0 Å². The lowest BCUT2D eigenvalue weighted by Gasteiger charge is -2.04. The third-order valence-corrected chi connectivity index (χ3v) is 1.28. The summed E-state index contributed by atoms with van der Waals surface area (Å²) in [5.74, 6) is -0.754. The molecule has 0 fully saturated rings. The van der Waals surface area contributed by atoms with Gasteiger partial charge in [0.2, 0.25) is 0 Å². The van der Waals surface area contributed by atoms with Gasteiger partial charge < -0.3 is 10.1 Å². The number of carbonyl (C=O) groups excluding carboxylic acids is 1. The van der Waals surface area contributed by atoms with E-state index < -0.39 is 5.97 Å². The molecule has 11 heavy (non-hydrogen) atoms. The Morgan fingerprint density at radius 1 is 1.36 bits per heavy atom. The van der Waals surface area contributed by atoms with E-state index in [0.717, 1.165) is 5.56 Å². The van der Waals surface area contributed by atoms with E-state index in [9.17, 15) is 10.1 Å². The molecular formula is C8H7O3-. The van der Waals surface area contributed by atoms with Crippen LogP contribution in [0.4, 0.5) is 0 Å². The van der Waals surface area contributed by atoms with Gasteiger partial charge in [-0.1, -0.05) is 30.3 Å². The van der Waals surface area contributed by atoms with Gasteiger partial charge in [-0.05, 0) is 5.56 Å². The van der Waals surface area contributed by atoms with Gasteiger partial charge in [0, 0.05) is 0 Å². The van der Waals surface area contributed by atoms with E-state index >= 15 is 0 Å². The molecule has 0 saturated carbocycles. The molecule has 0 aliphatic heterocycles. The smallest absolute Gasteiger partial charge is 0.304 e. The molecule has 0 unspecified atom stereocenters. The molecule has 0 N–H and O–H groups in total. The van der Waals surface area contributed by atoms with Crippen LogP contribution in [0, 0.1) is 0 Å². The van der Waals surface area contributed by atoms with E-state index in [1.165, 1.54) is 0 Å². The average molecular weight is 151 g/mol. The molecule has 0 bridgehead atoms. The summed E-state index contributed by atoms with van der Waals surface area (Å²) in [4.78, 5) is 13.7. The van der Waals surface area contributed by atoms with Gasteiger partial charge in [0.15, 0.2) is 0 Å². The predicted octanol–water partition coefficient (Wildman–Crippen LogP) is 0.0476. The first-order valence-electron chi connectivity index (χ1n) is 3.19. The Bertz CT molecular complexity index is 230. The normalized spacial score (nSPS) is 9.18. The first-order valence-corrected chi connectivity index (χ1v) is 3.19. The lowest BCUT2D eigenvalue weighted by molar-refractivity contribution is -0.657. The highest BCUT2D eigenvalue weighted by atomic mass is 17.1. The summed E-state index contributed by atoms with van der Waals surface area (Å²) < 4.78 is 0. The molecule has 0 aromatic heterocycles. The fourth-order valence-electron chi connectivity index (χ4n) is 0.792. The molecule has 58 valence electrons. The summed E-state index contributed by atoms with van der Waals surface area (Å²) >= 11 is 0. The SMILES string of the molecule is O=C(Cc1ccccc1)O[O-]. The molecule has 0 spiro atoms. The summed E-state index contributed by atoms with van der Waals surface area (Å²) in [6.45, 7) is 0. The highest BCUT2D eigenvalue weighted by Crippen LogP contribution is 1.99. The van der Waals surface area contributed by atoms with Crippen molar-refractivity contribution in [2.24, 2.45) is 0 Å². The highest BCUT2D eigenvalue weighted by Gasteiger charge is 1.98. The van der Waals surface area contributed by atoms with Gasteiger partial charge in [-0.3, -0.25) is 4.79 Å². The molecule has 0 heterocycles. The van der Waals surface area contributed by atoms with Crippen LogP contribution in [-0.4, -0.2) is 5.97 Å². The monoisotopic (exact) mass is 151 g/mol. The Labute approximate surface area is 64.2 Å². The van der Waals surface area contributed by atoms with Gasteiger partial charge >= 0.3 is 5.97 Å². The summed E-state index contributed by atoms with van der Waals surface area (Å²) in [6, 6.07) is 8.96. The summed E-state index contributed by atoms with van der Waals surface area (Å²) in [5, 5.41) is 9.58. The van der Waals surface area contributed by atoms with Crippen LogP contribution < -0.4 is 5.26 Å². The number of hydrogen-bond acceptors (Lipinski definition) is 3. The molecule has 0 aliphatic carbocycles. The molecule has 0 saturated heterocycles. The predicted molar refractivity (Wildman–Crippen MR) is 36.2 cm³/mol. The lowest BCUT2D eigenvalue weighted by Crippen LogP contribution is -2.15. The summed E-state index contributed by atoms with van der Waals surface area (Å²) in [7, 11) is 0. The molecule has 1 aromatic rings. The number of carbonyl (C=O) groups is 1. The van der Waals surface area contributed by atoms with Crippen molar-refractivity contribution in [1.29, 1.82) is 0 Å². The maximum absolute atomic E-state index is 10.4. The third-order valence-electron chi connectivity index (χ3n) is 1.28. The largest absolute Gasteiger partial charge is 0.662 e. The Balaban J connectivity index is 2.58. The minimum absolute atomic E-state index is 0.0460. The van der Waals surface area contributed by atoms with E-state index in [-0.39, 0.29) is 6.42 Å². The Hall–Kier alpha value is -1.35. The summed E-state index contributed by atoms with van der Waals surface area (Å²) in [6.07, 6.45) is 0.0460.